The van der Waals surface area contributed by atoms with Crippen molar-refractivity contribution in [3.05, 3.63) is 78.4 Å². The number of benzene rings is 2. The van der Waals surface area contributed by atoms with Gasteiger partial charge in [-0.2, -0.15) is 0 Å². The first-order valence-electron chi connectivity index (χ1n) is 10.2. The number of aryl methyl sites for hydroxylation is 1. The van der Waals surface area contributed by atoms with Crippen LogP contribution in [0.3, 0.4) is 0 Å². The first kappa shape index (κ1) is 23.5. The Balaban J connectivity index is 1.31. The number of alkyl halides is 3. The molecule has 4 rings (SSSR count). The quantitative estimate of drug-likeness (QED) is 0.369. The van der Waals surface area contributed by atoms with Gasteiger partial charge in [0.15, 0.2) is 5.82 Å². The largest absolute Gasteiger partial charge is 0.573 e. The van der Waals surface area contributed by atoms with Gasteiger partial charge in [-0.15, -0.1) is 23.4 Å². The molecule has 0 unspecified atom stereocenters. The molecule has 9 nitrogen and oxygen atoms in total. The maximum absolute atomic E-state index is 12.2. The molecule has 0 saturated heterocycles. The highest BCUT2D eigenvalue weighted by atomic mass is 19.4. The zero-order valence-electron chi connectivity index (χ0n) is 18.5. The molecule has 4 aromatic rings. The summed E-state index contributed by atoms with van der Waals surface area (Å²) in [5.41, 5.74) is 2.63. The summed E-state index contributed by atoms with van der Waals surface area (Å²) in [7, 11) is 0. The Kier molecular flexibility index (Phi) is 6.53. The van der Waals surface area contributed by atoms with E-state index in [1.165, 1.54) is 12.1 Å². The second-order valence-corrected chi connectivity index (χ2v) is 7.29. The van der Waals surface area contributed by atoms with Crippen LogP contribution in [0.4, 0.5) is 29.3 Å². The molecule has 12 heteroatoms. The summed E-state index contributed by atoms with van der Waals surface area (Å²) in [6.07, 6.45) is -3.11. The van der Waals surface area contributed by atoms with Crippen LogP contribution in [-0.4, -0.2) is 32.1 Å². The third kappa shape index (κ3) is 6.25. The molecule has 0 aliphatic carbocycles. The fourth-order valence-corrected chi connectivity index (χ4v) is 2.99. The number of anilines is 2. The lowest BCUT2D eigenvalue weighted by molar-refractivity contribution is -0.274. The summed E-state index contributed by atoms with van der Waals surface area (Å²) < 4.78 is 48.0. The van der Waals surface area contributed by atoms with Gasteiger partial charge in [-0.1, -0.05) is 0 Å². The van der Waals surface area contributed by atoms with Gasteiger partial charge in [-0.25, -0.2) is 9.78 Å². The molecule has 0 saturated carbocycles. The van der Waals surface area contributed by atoms with Crippen molar-refractivity contribution in [2.45, 2.75) is 20.2 Å². The van der Waals surface area contributed by atoms with Crippen molar-refractivity contribution in [2.24, 2.45) is 0 Å². The van der Waals surface area contributed by atoms with Crippen LogP contribution >= 0.6 is 0 Å². The van der Waals surface area contributed by atoms with E-state index in [9.17, 15) is 18.0 Å². The predicted molar refractivity (Wildman–Crippen MR) is 121 cm³/mol. The second kappa shape index (κ2) is 9.71. The fourth-order valence-electron chi connectivity index (χ4n) is 2.99. The number of halogens is 3. The van der Waals surface area contributed by atoms with Gasteiger partial charge in [0, 0.05) is 23.1 Å². The molecule has 2 aromatic carbocycles. The number of hydrogen-bond acceptors (Lipinski definition) is 6. The normalized spacial score (nSPS) is 11.1. The van der Waals surface area contributed by atoms with E-state index in [1.807, 2.05) is 18.4 Å². The van der Waals surface area contributed by atoms with E-state index in [1.54, 1.807) is 42.7 Å². The van der Waals surface area contributed by atoms with Crippen LogP contribution in [0.25, 0.3) is 5.82 Å². The van der Waals surface area contributed by atoms with E-state index in [0.29, 0.717) is 28.8 Å². The monoisotopic (exact) mass is 484 g/mol. The third-order valence-electron chi connectivity index (χ3n) is 4.81. The Morgan fingerprint density at radius 3 is 1.94 bits per heavy atom. The lowest BCUT2D eigenvalue weighted by atomic mass is 10.3. The minimum absolute atomic E-state index is 0.291. The van der Waals surface area contributed by atoms with Crippen LogP contribution in [0.1, 0.15) is 11.4 Å². The number of hydrogen-bond donors (Lipinski definition) is 2. The van der Waals surface area contributed by atoms with Gasteiger partial charge in [0.25, 0.3) is 0 Å². The van der Waals surface area contributed by atoms with E-state index in [4.69, 9.17) is 4.74 Å². The maximum Gasteiger partial charge on any atom is 0.573 e. The van der Waals surface area contributed by atoms with Crippen LogP contribution < -0.4 is 20.1 Å². The smallest absolute Gasteiger partial charge is 0.438 e. The van der Waals surface area contributed by atoms with E-state index in [0.717, 1.165) is 23.5 Å². The zero-order chi connectivity index (χ0) is 25.0. The highest BCUT2D eigenvalue weighted by molar-refractivity contribution is 5.99. The van der Waals surface area contributed by atoms with Crippen LogP contribution in [0.5, 0.6) is 17.4 Å². The molecule has 35 heavy (non-hydrogen) atoms. The number of urea groups is 1. The van der Waals surface area contributed by atoms with Crippen molar-refractivity contribution in [1.82, 2.24) is 19.7 Å². The minimum Gasteiger partial charge on any atom is -0.438 e. The average molecular weight is 484 g/mol. The first-order valence-corrected chi connectivity index (χ1v) is 10.2. The second-order valence-electron chi connectivity index (χ2n) is 7.29. The van der Waals surface area contributed by atoms with E-state index in [-0.39, 0.29) is 5.75 Å². The molecule has 0 aliphatic heterocycles. The van der Waals surface area contributed by atoms with Crippen molar-refractivity contribution in [1.29, 1.82) is 0 Å². The summed E-state index contributed by atoms with van der Waals surface area (Å²) in [6.45, 7) is 3.85. The van der Waals surface area contributed by atoms with E-state index in [2.05, 4.69) is 30.6 Å². The lowest BCUT2D eigenvalue weighted by Crippen LogP contribution is -2.19. The number of nitrogens with one attached hydrogen (secondary N) is 2. The molecule has 0 atom stereocenters. The van der Waals surface area contributed by atoms with Crippen molar-refractivity contribution in [2.75, 3.05) is 10.6 Å². The summed E-state index contributed by atoms with van der Waals surface area (Å²) in [5, 5.41) is 13.4. The molecule has 2 heterocycles. The molecule has 0 spiro atoms. The number of aromatic nitrogens is 4. The number of amides is 2. The Bertz CT molecular complexity index is 1300. The molecule has 2 amide bonds. The number of carbonyl (C=O) groups is 1. The Hall–Kier alpha value is -4.61. The van der Waals surface area contributed by atoms with Crippen molar-refractivity contribution >= 4 is 17.4 Å². The van der Waals surface area contributed by atoms with Gasteiger partial charge < -0.3 is 20.1 Å². The van der Waals surface area contributed by atoms with Gasteiger partial charge in [0.05, 0.1) is 5.69 Å². The number of ether oxygens (including phenoxy) is 2. The van der Waals surface area contributed by atoms with Crippen LogP contribution in [0.15, 0.2) is 67.0 Å². The Morgan fingerprint density at radius 2 is 1.46 bits per heavy atom. The maximum atomic E-state index is 12.2. The average Bonchev–Trinajstić information content (AvgIpc) is 3.14. The standard InChI is InChI=1S/C23H19F3N6O3/c1-14-15(2)32(13-27-14)20-11-12-21(31-30-20)34-18-7-3-16(4-8-18)28-22(33)29-17-5-9-19(10-6-17)35-23(24,25)26/h3-13H,1-2H3,(H2,28,29,33). The highest BCUT2D eigenvalue weighted by Crippen LogP contribution is 2.25. The van der Waals surface area contributed by atoms with Crippen LogP contribution in [-0.2, 0) is 0 Å². The number of rotatable bonds is 6. The number of nitrogens with zero attached hydrogens (tertiary/aromatic N) is 4. The zero-order valence-corrected chi connectivity index (χ0v) is 18.5. The summed E-state index contributed by atoms with van der Waals surface area (Å²) in [4.78, 5) is 16.4. The van der Waals surface area contributed by atoms with Crippen molar-refractivity contribution < 1.29 is 27.4 Å². The number of carbonyl (C=O) groups excluding carboxylic acids is 1. The topological polar surface area (TPSA) is 103 Å². The van der Waals surface area contributed by atoms with Crippen molar-refractivity contribution in [3.63, 3.8) is 0 Å². The van der Waals surface area contributed by atoms with Gasteiger partial charge in [0.1, 0.15) is 17.8 Å². The first-order chi connectivity index (χ1) is 16.7. The third-order valence-corrected chi connectivity index (χ3v) is 4.81. The molecule has 180 valence electrons. The number of imidazole rings is 1. The lowest BCUT2D eigenvalue weighted by Gasteiger charge is -2.11. The molecule has 0 aliphatic rings. The molecule has 0 radical (unpaired) electrons. The van der Waals surface area contributed by atoms with Crippen LogP contribution in [0.2, 0.25) is 0 Å². The molecular formula is C23H19F3N6O3. The Morgan fingerprint density at radius 1 is 0.857 bits per heavy atom. The summed E-state index contributed by atoms with van der Waals surface area (Å²) in [6, 6.07) is 14.2. The van der Waals surface area contributed by atoms with Crippen LogP contribution in [0, 0.1) is 13.8 Å². The molecule has 0 bridgehead atoms. The molecule has 2 aromatic heterocycles. The van der Waals surface area contributed by atoms with Gasteiger partial charge in [-0.3, -0.25) is 4.57 Å². The Labute approximate surface area is 197 Å². The highest BCUT2D eigenvalue weighted by Gasteiger charge is 2.30. The fraction of sp³-hybridized carbons (Fsp3) is 0.130. The molecular weight excluding hydrogens is 465 g/mol. The van der Waals surface area contributed by atoms with Crippen molar-refractivity contribution in [3.8, 4) is 23.2 Å². The SMILES string of the molecule is Cc1ncn(-c2ccc(Oc3ccc(NC(=O)Nc4ccc(OC(F)(F)F)cc4)cc3)nn2)c1C. The summed E-state index contributed by atoms with van der Waals surface area (Å²) >= 11 is 0. The summed E-state index contributed by atoms with van der Waals surface area (Å²) in [5.74, 6) is 1.00. The predicted octanol–water partition coefficient (Wildman–Crippen LogP) is 5.61. The molecule has 0 fully saturated rings. The van der Waals surface area contributed by atoms with Gasteiger partial charge in [0.2, 0.25) is 5.88 Å². The van der Waals surface area contributed by atoms with Gasteiger partial charge >= 0.3 is 12.4 Å². The molecule has 2 N–H and O–H groups in total. The minimum atomic E-state index is -4.78. The van der Waals surface area contributed by atoms with E-state index >= 15 is 0 Å². The van der Waals surface area contributed by atoms with Gasteiger partial charge in [-0.05, 0) is 68.4 Å². The van der Waals surface area contributed by atoms with E-state index < -0.39 is 12.4 Å².